The van der Waals surface area contributed by atoms with Gasteiger partial charge in [0.25, 0.3) is 0 Å². The van der Waals surface area contributed by atoms with Crippen LogP contribution in [0.15, 0.2) is 48.5 Å². The number of carbonyl (C=O) groups is 1. The van der Waals surface area contributed by atoms with Crippen molar-refractivity contribution in [2.24, 2.45) is 22.2 Å². The van der Waals surface area contributed by atoms with Gasteiger partial charge in [-0.15, -0.1) is 0 Å². The SMILES string of the molecule is CCC(C)(C)C1c2cccc3cc(-c4cc(O)ccc4OC(=O)C(C)CC(C)(C)C)cc(c23)C1C(C)(C)C. The minimum absolute atomic E-state index is 0.0290. The first-order valence-corrected chi connectivity index (χ1v) is 14.1. The van der Waals surface area contributed by atoms with Gasteiger partial charge in [-0.1, -0.05) is 99.9 Å². The van der Waals surface area contributed by atoms with Crippen molar-refractivity contribution >= 4 is 16.7 Å². The van der Waals surface area contributed by atoms with Gasteiger partial charge in [0, 0.05) is 5.56 Å². The van der Waals surface area contributed by atoms with Gasteiger partial charge >= 0.3 is 5.97 Å². The summed E-state index contributed by atoms with van der Waals surface area (Å²) in [6.07, 6.45) is 1.84. The van der Waals surface area contributed by atoms with E-state index in [1.807, 2.05) is 6.92 Å². The van der Waals surface area contributed by atoms with Crippen LogP contribution < -0.4 is 4.74 Å². The Morgan fingerprint density at radius 2 is 1.61 bits per heavy atom. The molecule has 3 unspecified atom stereocenters. The lowest BCUT2D eigenvalue weighted by atomic mass is 9.62. The third-order valence-electron chi connectivity index (χ3n) is 8.53. The van der Waals surface area contributed by atoms with Crippen molar-refractivity contribution in [3.05, 3.63) is 59.7 Å². The van der Waals surface area contributed by atoms with Crippen LogP contribution in [0.5, 0.6) is 11.5 Å². The fourth-order valence-corrected chi connectivity index (χ4v) is 6.61. The lowest BCUT2D eigenvalue weighted by Gasteiger charge is -2.42. The van der Waals surface area contributed by atoms with Crippen LogP contribution in [-0.4, -0.2) is 11.1 Å². The number of carbonyl (C=O) groups excluding carboxylic acids is 1. The zero-order valence-electron chi connectivity index (χ0n) is 25.0. The van der Waals surface area contributed by atoms with E-state index in [1.165, 1.54) is 21.9 Å². The number of rotatable bonds is 6. The van der Waals surface area contributed by atoms with E-state index >= 15 is 0 Å². The van der Waals surface area contributed by atoms with Gasteiger partial charge in [-0.2, -0.15) is 0 Å². The van der Waals surface area contributed by atoms with E-state index in [0.717, 1.165) is 24.0 Å². The minimum atomic E-state index is -0.239. The Bertz CT molecular complexity index is 1350. The number of benzene rings is 3. The second-order valence-electron chi connectivity index (χ2n) is 14.4. The first-order chi connectivity index (χ1) is 17.5. The van der Waals surface area contributed by atoms with Crippen LogP contribution in [-0.2, 0) is 4.79 Å². The van der Waals surface area contributed by atoms with Crippen molar-refractivity contribution < 1.29 is 14.6 Å². The molecule has 3 heteroatoms. The van der Waals surface area contributed by atoms with E-state index in [9.17, 15) is 9.90 Å². The fraction of sp³-hybridized carbons (Fsp3) is 0.514. The van der Waals surface area contributed by atoms with E-state index in [-0.39, 0.29) is 33.9 Å². The van der Waals surface area contributed by atoms with Gasteiger partial charge < -0.3 is 9.84 Å². The highest BCUT2D eigenvalue weighted by Gasteiger charge is 2.47. The molecule has 3 nitrogen and oxygen atoms in total. The second-order valence-corrected chi connectivity index (χ2v) is 14.4. The first-order valence-electron chi connectivity index (χ1n) is 14.1. The summed E-state index contributed by atoms with van der Waals surface area (Å²) in [6.45, 7) is 22.4. The fourth-order valence-electron chi connectivity index (χ4n) is 6.61. The number of hydrogen-bond donors (Lipinski definition) is 1. The highest BCUT2D eigenvalue weighted by atomic mass is 16.5. The molecule has 4 rings (SSSR count). The summed E-state index contributed by atoms with van der Waals surface area (Å²) in [5, 5.41) is 13.0. The van der Waals surface area contributed by atoms with E-state index in [2.05, 4.69) is 92.6 Å². The Morgan fingerprint density at radius 3 is 2.21 bits per heavy atom. The van der Waals surface area contributed by atoms with Crippen LogP contribution in [0.3, 0.4) is 0 Å². The van der Waals surface area contributed by atoms with Gasteiger partial charge in [0.05, 0.1) is 5.92 Å². The summed E-state index contributed by atoms with van der Waals surface area (Å²) in [5.41, 5.74) is 4.73. The molecule has 1 aliphatic rings. The normalized spacial score (nSPS) is 18.6. The van der Waals surface area contributed by atoms with E-state index in [0.29, 0.717) is 17.6 Å². The Morgan fingerprint density at radius 1 is 0.921 bits per heavy atom. The quantitative estimate of drug-likeness (QED) is 0.263. The standard InChI is InChI=1S/C35H46O3/c1-11-35(9,10)31-25-14-12-13-22-17-23(18-27(29(22)25)30(31)34(6,7)8)26-19-24(36)15-16-28(26)38-32(37)21(2)20-33(3,4)5/h12-19,21,30-31,36H,11,20H2,1-10H3. The summed E-state index contributed by atoms with van der Waals surface area (Å²) in [7, 11) is 0. The molecule has 3 aromatic rings. The highest BCUT2D eigenvalue weighted by Crippen LogP contribution is 2.61. The Labute approximate surface area is 229 Å². The van der Waals surface area contributed by atoms with Gasteiger partial charge in [-0.05, 0) is 86.2 Å². The predicted octanol–water partition coefficient (Wildman–Crippen LogP) is 9.85. The molecule has 204 valence electrons. The molecule has 1 aliphatic carbocycles. The van der Waals surface area contributed by atoms with Gasteiger partial charge in [-0.3, -0.25) is 4.79 Å². The molecule has 1 N–H and O–H groups in total. The number of aromatic hydroxyl groups is 1. The van der Waals surface area contributed by atoms with Crippen LogP contribution in [0.25, 0.3) is 21.9 Å². The van der Waals surface area contributed by atoms with Crippen molar-refractivity contribution in [1.82, 2.24) is 0 Å². The maximum absolute atomic E-state index is 13.1. The average molecular weight is 515 g/mol. The lowest BCUT2D eigenvalue weighted by Crippen LogP contribution is -2.31. The van der Waals surface area contributed by atoms with Gasteiger partial charge in [-0.25, -0.2) is 0 Å². The number of phenols is 1. The summed E-state index contributed by atoms with van der Waals surface area (Å²) in [4.78, 5) is 13.1. The molecule has 0 aliphatic heterocycles. The monoisotopic (exact) mass is 514 g/mol. The molecule has 0 radical (unpaired) electrons. The second kappa shape index (κ2) is 9.74. The summed E-state index contributed by atoms with van der Waals surface area (Å²) < 4.78 is 6.00. The number of hydrogen-bond acceptors (Lipinski definition) is 3. The summed E-state index contributed by atoms with van der Waals surface area (Å²) in [6, 6.07) is 16.2. The van der Waals surface area contributed by atoms with Crippen LogP contribution in [0.4, 0.5) is 0 Å². The zero-order valence-corrected chi connectivity index (χ0v) is 25.0. The molecule has 0 bridgehead atoms. The average Bonchev–Trinajstić information content (AvgIpc) is 3.16. The smallest absolute Gasteiger partial charge is 0.314 e. The topological polar surface area (TPSA) is 46.5 Å². The van der Waals surface area contributed by atoms with Crippen molar-refractivity contribution in [3.63, 3.8) is 0 Å². The van der Waals surface area contributed by atoms with E-state index < -0.39 is 0 Å². The third kappa shape index (κ3) is 5.35. The summed E-state index contributed by atoms with van der Waals surface area (Å²) in [5.74, 6) is 0.929. The minimum Gasteiger partial charge on any atom is -0.508 e. The van der Waals surface area contributed by atoms with Crippen molar-refractivity contribution in [1.29, 1.82) is 0 Å². The first kappa shape index (κ1) is 28.2. The molecule has 38 heavy (non-hydrogen) atoms. The van der Waals surface area contributed by atoms with Crippen molar-refractivity contribution in [2.75, 3.05) is 0 Å². The Hall–Kier alpha value is -2.81. The molecule has 0 heterocycles. The highest BCUT2D eigenvalue weighted by molar-refractivity contribution is 5.97. The van der Waals surface area contributed by atoms with E-state index in [1.54, 1.807) is 18.2 Å². The molecule has 0 fully saturated rings. The molecule has 0 saturated carbocycles. The van der Waals surface area contributed by atoms with Crippen LogP contribution in [0.2, 0.25) is 0 Å². The Kier molecular flexibility index (Phi) is 7.23. The molecular formula is C35H46O3. The van der Waals surface area contributed by atoms with Gasteiger partial charge in [0.1, 0.15) is 11.5 Å². The third-order valence-corrected chi connectivity index (χ3v) is 8.53. The maximum atomic E-state index is 13.1. The largest absolute Gasteiger partial charge is 0.508 e. The van der Waals surface area contributed by atoms with Crippen molar-refractivity contribution in [3.8, 4) is 22.6 Å². The molecular weight excluding hydrogens is 468 g/mol. The van der Waals surface area contributed by atoms with Gasteiger partial charge in [0.15, 0.2) is 0 Å². The van der Waals surface area contributed by atoms with Crippen molar-refractivity contribution in [2.45, 2.75) is 93.9 Å². The zero-order chi connectivity index (χ0) is 28.2. The van der Waals surface area contributed by atoms with Crippen LogP contribution in [0, 0.1) is 22.2 Å². The molecule has 0 aromatic heterocycles. The number of esters is 1. The molecule has 0 spiro atoms. The Balaban J connectivity index is 1.87. The molecule has 0 amide bonds. The number of ether oxygens (including phenoxy) is 1. The van der Waals surface area contributed by atoms with Crippen LogP contribution >= 0.6 is 0 Å². The molecule has 3 atom stereocenters. The lowest BCUT2D eigenvalue weighted by molar-refractivity contribution is -0.139. The van der Waals surface area contributed by atoms with Crippen LogP contribution in [0.1, 0.15) is 105 Å². The predicted molar refractivity (Wildman–Crippen MR) is 159 cm³/mol. The van der Waals surface area contributed by atoms with E-state index in [4.69, 9.17) is 4.74 Å². The molecule has 0 saturated heterocycles. The molecule has 3 aromatic carbocycles. The summed E-state index contributed by atoms with van der Waals surface area (Å²) >= 11 is 0. The maximum Gasteiger partial charge on any atom is 0.314 e. The number of phenolic OH excluding ortho intramolecular Hbond substituents is 1. The van der Waals surface area contributed by atoms with Gasteiger partial charge in [0.2, 0.25) is 0 Å².